The molecule has 0 saturated carbocycles. The minimum atomic E-state index is -1.91. The normalized spacial score (nSPS) is 48.3. The van der Waals surface area contributed by atoms with Crippen molar-refractivity contribution in [3.8, 4) is 0 Å². The Kier molecular flexibility index (Phi) is 16.4. The van der Waals surface area contributed by atoms with E-state index in [0.29, 0.717) is 12.1 Å². The first kappa shape index (κ1) is 46.9. The van der Waals surface area contributed by atoms with E-state index in [1.165, 1.54) is 14.0 Å². The largest absolute Gasteiger partial charge is 0.459 e. The number of ether oxygens (including phenoxy) is 6. The Labute approximate surface area is 322 Å². The summed E-state index contributed by atoms with van der Waals surface area (Å²) in [6.07, 6.45) is -9.08. The lowest BCUT2D eigenvalue weighted by molar-refractivity contribution is -0.317. The first-order valence-electron chi connectivity index (χ1n) is 19.7. The zero-order valence-electron chi connectivity index (χ0n) is 35.1. The third-order valence-electron chi connectivity index (χ3n) is 12.2. The van der Waals surface area contributed by atoms with Gasteiger partial charge in [0.25, 0.3) is 0 Å². The molecule has 15 heteroatoms. The first-order valence-corrected chi connectivity index (χ1v) is 19.7. The number of likely N-dealkylation sites (N-methyl/N-ethyl adjacent to an activating group) is 1. The van der Waals surface area contributed by atoms with Gasteiger partial charge in [-0.3, -0.25) is 4.79 Å². The quantitative estimate of drug-likeness (QED) is 0.169. The molecule has 15 nitrogen and oxygen atoms in total. The molecule has 0 aromatic heterocycles. The van der Waals surface area contributed by atoms with Crippen molar-refractivity contribution in [2.75, 3.05) is 27.8 Å². The number of hydrogen-bond acceptors (Lipinski definition) is 15. The molecule has 3 fully saturated rings. The van der Waals surface area contributed by atoms with Gasteiger partial charge in [-0.05, 0) is 81.8 Å². The van der Waals surface area contributed by atoms with Crippen LogP contribution in [0.5, 0.6) is 0 Å². The fourth-order valence-corrected chi connectivity index (χ4v) is 8.73. The minimum absolute atomic E-state index is 0.0241. The van der Waals surface area contributed by atoms with Crippen LogP contribution in [0.3, 0.4) is 0 Å². The molecule has 0 radical (unpaired) electrons. The van der Waals surface area contributed by atoms with Crippen molar-refractivity contribution >= 4 is 11.7 Å². The molecule has 316 valence electrons. The van der Waals surface area contributed by atoms with Gasteiger partial charge in [-0.25, -0.2) is 0 Å². The van der Waals surface area contributed by atoms with Crippen molar-refractivity contribution in [3.05, 3.63) is 0 Å². The molecule has 0 aliphatic carbocycles. The standard InChI is InChI=1S/C39H72N2O13/c1-15-27-39(11,47)32(43)22(5)29(40-49-16-2)20(3)18-37(9,46)34(54-36-30(42)26(41(12)13)17-21(4)50-36)23(6)31(24(7)35(45)52-27)53-28-19-38(10,48-14)33(44)25(8)51-28/h20-28,30-34,36,42-44,46-47H,15-19H2,1-14H3/b40-29+/t20-,21-,22+,23+,24-,25+,26+,27-,28+,30-,31+,32-,33+,34?,36+,37-,38-,39-/m1/s1. The molecular weight excluding hydrogens is 704 g/mol. The number of cyclic esters (lactones) is 1. The highest BCUT2D eigenvalue weighted by Crippen LogP contribution is 2.41. The van der Waals surface area contributed by atoms with Gasteiger partial charge >= 0.3 is 5.97 Å². The van der Waals surface area contributed by atoms with E-state index >= 15 is 0 Å². The van der Waals surface area contributed by atoms with Crippen LogP contribution >= 0.6 is 0 Å². The van der Waals surface area contributed by atoms with E-state index in [1.807, 2.05) is 32.8 Å². The van der Waals surface area contributed by atoms with E-state index in [9.17, 15) is 30.3 Å². The molecule has 0 aromatic rings. The fourth-order valence-electron chi connectivity index (χ4n) is 8.73. The summed E-state index contributed by atoms with van der Waals surface area (Å²) in [5.74, 6) is -3.90. The molecule has 3 aliphatic rings. The van der Waals surface area contributed by atoms with E-state index in [0.717, 1.165) is 0 Å². The lowest BCUT2D eigenvalue weighted by Crippen LogP contribution is -2.61. The Morgan fingerprint density at radius 3 is 2.09 bits per heavy atom. The molecule has 3 heterocycles. The highest BCUT2D eigenvalue weighted by atomic mass is 16.7. The van der Waals surface area contributed by atoms with Crippen LogP contribution in [0.2, 0.25) is 0 Å². The Morgan fingerprint density at radius 2 is 1.54 bits per heavy atom. The van der Waals surface area contributed by atoms with Crippen LogP contribution in [-0.2, 0) is 38.1 Å². The molecule has 0 aromatic carbocycles. The van der Waals surface area contributed by atoms with Crippen molar-refractivity contribution < 1.29 is 63.6 Å². The lowest BCUT2D eigenvalue weighted by Gasteiger charge is -2.49. The summed E-state index contributed by atoms with van der Waals surface area (Å²) in [6, 6.07) is -0.307. The van der Waals surface area contributed by atoms with Crippen LogP contribution in [0.15, 0.2) is 5.16 Å². The van der Waals surface area contributed by atoms with Crippen molar-refractivity contribution in [3.63, 3.8) is 0 Å². The van der Waals surface area contributed by atoms with E-state index in [-0.39, 0.29) is 38.0 Å². The zero-order chi connectivity index (χ0) is 41.1. The van der Waals surface area contributed by atoms with E-state index in [2.05, 4.69) is 5.16 Å². The second-order valence-corrected chi connectivity index (χ2v) is 17.0. The second-order valence-electron chi connectivity index (χ2n) is 17.0. The summed E-state index contributed by atoms with van der Waals surface area (Å²) < 4.78 is 37.5. The summed E-state index contributed by atoms with van der Waals surface area (Å²) >= 11 is 0. The van der Waals surface area contributed by atoms with Crippen LogP contribution in [-0.4, -0.2) is 154 Å². The van der Waals surface area contributed by atoms with E-state index in [4.69, 9.17) is 33.3 Å². The lowest BCUT2D eigenvalue weighted by atomic mass is 9.73. The predicted molar refractivity (Wildman–Crippen MR) is 200 cm³/mol. The second kappa shape index (κ2) is 18.8. The molecule has 54 heavy (non-hydrogen) atoms. The average molecular weight is 777 g/mol. The fraction of sp³-hybridized carbons (Fsp3) is 0.949. The molecule has 1 unspecified atom stereocenters. The Morgan fingerprint density at radius 1 is 0.907 bits per heavy atom. The summed E-state index contributed by atoms with van der Waals surface area (Å²) in [5, 5.41) is 63.1. The number of nitrogens with zero attached hydrogens (tertiary/aromatic N) is 2. The van der Waals surface area contributed by atoms with Crippen molar-refractivity contribution in [2.24, 2.45) is 28.8 Å². The number of carbonyl (C=O) groups is 1. The Bertz CT molecular complexity index is 1230. The van der Waals surface area contributed by atoms with Gasteiger partial charge in [0.15, 0.2) is 12.6 Å². The third kappa shape index (κ3) is 10.3. The van der Waals surface area contributed by atoms with Gasteiger partial charge in [0, 0.05) is 37.3 Å². The highest BCUT2D eigenvalue weighted by molar-refractivity contribution is 5.88. The topological polar surface area (TPSA) is 198 Å². The van der Waals surface area contributed by atoms with Crippen LogP contribution in [0.1, 0.15) is 102 Å². The molecule has 3 saturated heterocycles. The van der Waals surface area contributed by atoms with Gasteiger partial charge in [0.1, 0.15) is 30.5 Å². The van der Waals surface area contributed by atoms with Gasteiger partial charge in [0.2, 0.25) is 0 Å². The van der Waals surface area contributed by atoms with Crippen LogP contribution in [0.25, 0.3) is 0 Å². The van der Waals surface area contributed by atoms with E-state index in [1.54, 1.807) is 55.4 Å². The number of hydrogen-bond donors (Lipinski definition) is 5. The molecular formula is C39H72N2O13. The summed E-state index contributed by atoms with van der Waals surface area (Å²) in [5.41, 5.74) is -4.29. The molecule has 3 aliphatic heterocycles. The number of aliphatic hydroxyl groups excluding tert-OH is 3. The number of carbonyl (C=O) groups excluding carboxylic acids is 1. The Hall–Kier alpha value is -1.50. The van der Waals surface area contributed by atoms with Gasteiger partial charge in [-0.2, -0.15) is 0 Å². The average Bonchev–Trinajstić information content (AvgIpc) is 3.09. The highest BCUT2D eigenvalue weighted by Gasteiger charge is 2.53. The Balaban J connectivity index is 2.24. The van der Waals surface area contributed by atoms with Gasteiger partial charge in [-0.1, -0.05) is 32.9 Å². The van der Waals surface area contributed by atoms with Gasteiger partial charge < -0.3 is 63.7 Å². The van der Waals surface area contributed by atoms with Crippen LogP contribution < -0.4 is 0 Å². The number of esters is 1. The maximum atomic E-state index is 14.2. The van der Waals surface area contributed by atoms with Crippen LogP contribution in [0.4, 0.5) is 0 Å². The number of rotatable bonds is 9. The monoisotopic (exact) mass is 777 g/mol. The molecule has 0 bridgehead atoms. The zero-order valence-corrected chi connectivity index (χ0v) is 35.1. The van der Waals surface area contributed by atoms with Crippen LogP contribution in [0, 0.1) is 23.7 Å². The molecule has 3 rings (SSSR count). The molecule has 0 amide bonds. The summed E-state index contributed by atoms with van der Waals surface area (Å²) in [7, 11) is 5.23. The smallest absolute Gasteiger partial charge is 0.311 e. The minimum Gasteiger partial charge on any atom is -0.459 e. The molecule has 0 spiro atoms. The van der Waals surface area contributed by atoms with E-state index < -0.39 is 102 Å². The number of aliphatic hydroxyl groups is 5. The van der Waals surface area contributed by atoms with Crippen molar-refractivity contribution in [2.45, 2.75) is 186 Å². The summed E-state index contributed by atoms with van der Waals surface area (Å²) in [4.78, 5) is 21.6. The molecule has 5 N–H and O–H groups in total. The SMILES string of the molecule is CCO/N=C1\[C@H](C)C[C@@](C)(O)C(O[C@@H]2O[C@H](C)C[C@H](N(C)C)[C@H]2O)[C@@H](C)[C@H](O[C@H]2C[C@@](C)(OC)[C@@H](O)[C@H](C)O2)[C@@H](C)C(=O)O[C@H](CC)[C@@](C)(O)[C@H](O)[C@H]1C. The third-order valence-corrected chi connectivity index (χ3v) is 12.2. The van der Waals surface area contributed by atoms with Gasteiger partial charge in [0.05, 0.1) is 53.4 Å². The molecule has 18 atom stereocenters. The summed E-state index contributed by atoms with van der Waals surface area (Å²) in [6.45, 7) is 19.1. The predicted octanol–water partition coefficient (Wildman–Crippen LogP) is 2.61. The van der Waals surface area contributed by atoms with Crippen molar-refractivity contribution in [1.29, 1.82) is 0 Å². The van der Waals surface area contributed by atoms with Crippen molar-refractivity contribution in [1.82, 2.24) is 4.90 Å². The first-order chi connectivity index (χ1) is 25.0. The maximum Gasteiger partial charge on any atom is 0.311 e. The maximum absolute atomic E-state index is 14.2. The van der Waals surface area contributed by atoms with Gasteiger partial charge in [-0.15, -0.1) is 0 Å². The number of oxime groups is 1. The number of methoxy groups -OCH3 is 1.